The highest BCUT2D eigenvalue weighted by atomic mass is 35.5. The number of primary amides is 1. The first-order chi connectivity index (χ1) is 21.3. The molecule has 1 saturated heterocycles. The van der Waals surface area contributed by atoms with Crippen molar-refractivity contribution in [3.63, 3.8) is 0 Å². The van der Waals surface area contributed by atoms with Gasteiger partial charge in [0, 0.05) is 25.3 Å². The molecule has 14 heteroatoms. The number of likely N-dealkylation sites (N-methyl/N-ethyl adjacent to an activating group) is 1. The van der Waals surface area contributed by atoms with Gasteiger partial charge in [0.25, 0.3) is 5.91 Å². The van der Waals surface area contributed by atoms with Crippen molar-refractivity contribution in [1.29, 1.82) is 0 Å². The Labute approximate surface area is 280 Å². The molecule has 258 valence electrons. The molecule has 2 aromatic rings. The number of carbonyl (C=O) groups is 5. The predicted octanol–water partition coefficient (Wildman–Crippen LogP) is -0.414. The number of Topliss-reactive ketones (excluding diaryl/α,β-unsaturated/α-hetero) is 1. The van der Waals surface area contributed by atoms with Crippen molar-refractivity contribution in [2.45, 2.75) is 78.4 Å². The van der Waals surface area contributed by atoms with Gasteiger partial charge in [-0.05, 0) is 49.7 Å². The number of carbonyl (C=O) groups excluding carboxylic acids is 5. The molecule has 1 aliphatic heterocycles. The Hall–Kier alpha value is -3.84. The number of amides is 2. The molecule has 12 nitrogen and oxygen atoms in total. The average molecular weight is 678 g/mol. The van der Waals surface area contributed by atoms with Crippen molar-refractivity contribution in [1.82, 2.24) is 15.1 Å². The van der Waals surface area contributed by atoms with Crippen LogP contribution < -0.4 is 23.5 Å². The number of hydrogen-bond acceptors (Lipinski definition) is 8. The minimum absolute atomic E-state index is 0. The second-order valence-corrected chi connectivity index (χ2v) is 14.3. The number of ether oxygens (including phenoxy) is 2. The summed E-state index contributed by atoms with van der Waals surface area (Å²) in [5, 5.41) is 7.35. The molecular formula is C33H45ClFN5O7. The van der Waals surface area contributed by atoms with Gasteiger partial charge in [-0.2, -0.15) is 5.10 Å². The average Bonchev–Trinajstić information content (AvgIpc) is 3.12. The summed E-state index contributed by atoms with van der Waals surface area (Å²) in [6.45, 7) is 7.48. The monoisotopic (exact) mass is 677 g/mol. The number of halogens is 2. The van der Waals surface area contributed by atoms with Gasteiger partial charge in [0.1, 0.15) is 18.5 Å². The van der Waals surface area contributed by atoms with Crippen molar-refractivity contribution in [2.24, 2.45) is 17.1 Å². The topological polar surface area (TPSA) is 160 Å². The zero-order valence-corrected chi connectivity index (χ0v) is 28.8. The number of ketones is 1. The summed E-state index contributed by atoms with van der Waals surface area (Å²) in [4.78, 5) is 62.8. The molecule has 3 atom stereocenters. The Balaban J connectivity index is 0.00000600. The van der Waals surface area contributed by atoms with Crippen LogP contribution in [0, 0.1) is 24.1 Å². The summed E-state index contributed by atoms with van der Waals surface area (Å²) in [7, 11) is 5.75. The molecule has 3 N–H and O–H groups in total. The third-order valence-corrected chi connectivity index (χ3v) is 8.32. The first kappa shape index (κ1) is 37.6. The largest absolute Gasteiger partial charge is 1.00 e. The van der Waals surface area contributed by atoms with E-state index in [1.54, 1.807) is 17.7 Å². The van der Waals surface area contributed by atoms with Crippen LogP contribution >= 0.6 is 0 Å². The number of esters is 2. The summed E-state index contributed by atoms with van der Waals surface area (Å²) in [6, 6.07) is 2.77. The van der Waals surface area contributed by atoms with Crippen LogP contribution in [0.1, 0.15) is 84.1 Å². The Morgan fingerprint density at radius 3 is 2.47 bits per heavy atom. The van der Waals surface area contributed by atoms with Gasteiger partial charge < -0.3 is 37.4 Å². The molecule has 47 heavy (non-hydrogen) atoms. The molecule has 0 spiro atoms. The molecule has 1 aromatic carbocycles. The highest BCUT2D eigenvalue weighted by molar-refractivity contribution is 6.00. The number of nitrogens with two attached hydrogens (primary N) is 1. The fourth-order valence-electron chi connectivity index (χ4n) is 6.51. The molecule has 1 fully saturated rings. The lowest BCUT2D eigenvalue weighted by molar-refractivity contribution is -0.873. The van der Waals surface area contributed by atoms with E-state index >= 15 is 4.39 Å². The minimum Gasteiger partial charge on any atom is -1.00 e. The zero-order chi connectivity index (χ0) is 34.1. The number of benzene rings is 1. The van der Waals surface area contributed by atoms with Gasteiger partial charge >= 0.3 is 11.9 Å². The number of aromatic nitrogens is 2. The fourth-order valence-corrected chi connectivity index (χ4v) is 6.51. The maximum absolute atomic E-state index is 15.5. The Morgan fingerprint density at radius 1 is 1.17 bits per heavy atom. The van der Waals surface area contributed by atoms with E-state index in [-0.39, 0.29) is 60.0 Å². The minimum atomic E-state index is -0.967. The van der Waals surface area contributed by atoms with Crippen LogP contribution in [-0.4, -0.2) is 90.2 Å². The SMILES string of the molecule is CC(=O)OC(CC(=O)OC1CCC(Cc2cc(-n3nc(C)c4c3CC(C)(C)CC4=O)cc(F)c2C(N)=O)C(=O)NC1)C[N+](C)(C)C.[Cl-]. The summed E-state index contributed by atoms with van der Waals surface area (Å²) >= 11 is 0. The fraction of sp³-hybridized carbons (Fsp3) is 0.576. The standard InChI is InChI=1S/C33H44FN5O7.ClH/c1-18-29-26(14-33(3,4)15-27(29)41)38(37-18)22-11-21(30(31(35)43)25(34)12-22)10-20-8-9-23(16-36-32(20)44)46-28(42)13-24(45-19(2)40)17-39(5,6)7;/h11-12,20,23-24H,8-10,13-17H2,1-7H3,(H2-,35,36,43,44);1H. The first-order valence-corrected chi connectivity index (χ1v) is 15.5. The second-order valence-electron chi connectivity index (χ2n) is 14.3. The Bertz CT molecular complexity index is 1570. The van der Waals surface area contributed by atoms with Crippen LogP contribution in [0.5, 0.6) is 0 Å². The molecule has 3 unspecified atom stereocenters. The van der Waals surface area contributed by atoms with Crippen LogP contribution in [0.15, 0.2) is 12.1 Å². The van der Waals surface area contributed by atoms with Gasteiger partial charge in [0.2, 0.25) is 5.91 Å². The molecule has 2 amide bonds. The molecule has 4 rings (SSSR count). The molecular weight excluding hydrogens is 633 g/mol. The quantitative estimate of drug-likeness (QED) is 0.254. The smallest absolute Gasteiger partial charge is 0.310 e. The van der Waals surface area contributed by atoms with Gasteiger partial charge in [0.15, 0.2) is 11.9 Å². The highest BCUT2D eigenvalue weighted by Gasteiger charge is 2.36. The second kappa shape index (κ2) is 14.5. The maximum Gasteiger partial charge on any atom is 0.310 e. The number of quaternary nitrogens is 1. The third kappa shape index (κ3) is 9.38. The van der Waals surface area contributed by atoms with Crippen molar-refractivity contribution in [2.75, 3.05) is 34.2 Å². The van der Waals surface area contributed by atoms with E-state index < -0.39 is 41.8 Å². The number of rotatable bonds is 10. The van der Waals surface area contributed by atoms with Crippen LogP contribution in [-0.2, 0) is 36.7 Å². The maximum atomic E-state index is 15.5. The summed E-state index contributed by atoms with van der Waals surface area (Å²) in [5.74, 6) is -3.88. The Kier molecular flexibility index (Phi) is 11.6. The Morgan fingerprint density at radius 2 is 1.85 bits per heavy atom. The van der Waals surface area contributed by atoms with Gasteiger partial charge in [-0.15, -0.1) is 0 Å². The number of aryl methyl sites for hydroxylation is 1. The van der Waals surface area contributed by atoms with Crippen molar-refractivity contribution >= 4 is 29.5 Å². The van der Waals surface area contributed by atoms with Crippen LogP contribution in [0.3, 0.4) is 0 Å². The molecule has 0 radical (unpaired) electrons. The van der Waals surface area contributed by atoms with Crippen molar-refractivity contribution in [3.05, 3.63) is 46.0 Å². The zero-order valence-electron chi connectivity index (χ0n) is 28.1. The van der Waals surface area contributed by atoms with E-state index in [9.17, 15) is 24.0 Å². The van der Waals surface area contributed by atoms with Gasteiger partial charge in [0.05, 0.1) is 62.3 Å². The summed E-state index contributed by atoms with van der Waals surface area (Å²) < 4.78 is 28.5. The number of hydrogen-bond donors (Lipinski definition) is 2. The summed E-state index contributed by atoms with van der Waals surface area (Å²) in [6.07, 6.45) is 0.131. The molecule has 1 aliphatic carbocycles. The molecule has 2 aliphatic rings. The van der Waals surface area contributed by atoms with Gasteiger partial charge in [-0.3, -0.25) is 24.0 Å². The van der Waals surface area contributed by atoms with E-state index in [2.05, 4.69) is 10.4 Å². The van der Waals surface area contributed by atoms with Crippen LogP contribution in [0.2, 0.25) is 0 Å². The molecule has 1 aromatic heterocycles. The lowest BCUT2D eigenvalue weighted by Crippen LogP contribution is -3.00. The highest BCUT2D eigenvalue weighted by Crippen LogP contribution is 2.37. The lowest BCUT2D eigenvalue weighted by Gasteiger charge is -2.29. The molecule has 0 saturated carbocycles. The van der Waals surface area contributed by atoms with E-state index in [0.29, 0.717) is 59.3 Å². The lowest BCUT2D eigenvalue weighted by atomic mass is 9.75. The third-order valence-electron chi connectivity index (χ3n) is 8.32. The van der Waals surface area contributed by atoms with Crippen LogP contribution in [0.4, 0.5) is 4.39 Å². The number of nitrogens with one attached hydrogen (secondary N) is 1. The number of nitrogens with zero attached hydrogens (tertiary/aromatic N) is 3. The summed E-state index contributed by atoms with van der Waals surface area (Å²) in [5.41, 5.74) is 7.27. The van der Waals surface area contributed by atoms with E-state index in [4.69, 9.17) is 15.2 Å². The van der Waals surface area contributed by atoms with Crippen molar-refractivity contribution < 1.29 is 54.7 Å². The van der Waals surface area contributed by atoms with Gasteiger partial charge in [-0.25, -0.2) is 9.07 Å². The van der Waals surface area contributed by atoms with Gasteiger partial charge in [-0.1, -0.05) is 13.8 Å². The van der Waals surface area contributed by atoms with Crippen molar-refractivity contribution in [3.8, 4) is 5.69 Å². The van der Waals surface area contributed by atoms with E-state index in [0.717, 1.165) is 0 Å². The normalized spacial score (nSPS) is 19.8. The predicted molar refractivity (Wildman–Crippen MR) is 166 cm³/mol. The molecule has 2 heterocycles. The van der Waals surface area contributed by atoms with Crippen LogP contribution in [0.25, 0.3) is 5.69 Å². The van der Waals surface area contributed by atoms with E-state index in [1.807, 2.05) is 35.0 Å². The number of fused-ring (bicyclic) bond motifs is 1. The first-order valence-electron chi connectivity index (χ1n) is 15.5. The molecule has 0 bridgehead atoms. The van der Waals surface area contributed by atoms with E-state index in [1.165, 1.54) is 13.0 Å².